The zero-order valence-corrected chi connectivity index (χ0v) is 9.49. The van der Waals surface area contributed by atoms with Crippen LogP contribution in [0.1, 0.15) is 0 Å². The zero-order chi connectivity index (χ0) is 12.3. The van der Waals surface area contributed by atoms with Crippen LogP contribution in [-0.4, -0.2) is 56.7 Å². The van der Waals surface area contributed by atoms with Gasteiger partial charge in [-0.05, 0) is 0 Å². The van der Waals surface area contributed by atoms with Crippen LogP contribution in [0.15, 0.2) is 0 Å². The molecule has 2 unspecified atom stereocenters. The summed E-state index contributed by atoms with van der Waals surface area (Å²) in [5, 5.41) is 11.1. The molecule has 0 saturated carbocycles. The van der Waals surface area contributed by atoms with Gasteiger partial charge in [0.25, 0.3) is 0 Å². The molecule has 1 fully saturated rings. The predicted molar refractivity (Wildman–Crippen MR) is 53.6 cm³/mol. The van der Waals surface area contributed by atoms with Crippen LogP contribution in [-0.2, 0) is 24.2 Å². The highest BCUT2D eigenvalue weighted by molar-refractivity contribution is 7.91. The number of amides is 1. The van der Waals surface area contributed by atoms with E-state index in [0.29, 0.717) is 0 Å². The SMILES string of the molecule is CS(=O)(=O)CC(=O)NC1COCC1C(=O)O. The van der Waals surface area contributed by atoms with Crippen molar-refractivity contribution in [1.82, 2.24) is 5.32 Å². The molecule has 1 rings (SSSR count). The molecule has 0 aromatic heterocycles. The molecule has 92 valence electrons. The van der Waals surface area contributed by atoms with Crippen molar-refractivity contribution >= 4 is 21.7 Å². The molecule has 0 aromatic rings. The maximum Gasteiger partial charge on any atom is 0.311 e. The Morgan fingerprint density at radius 3 is 2.56 bits per heavy atom. The van der Waals surface area contributed by atoms with Crippen molar-refractivity contribution in [3.05, 3.63) is 0 Å². The van der Waals surface area contributed by atoms with Gasteiger partial charge in [-0.25, -0.2) is 8.42 Å². The summed E-state index contributed by atoms with van der Waals surface area (Å²) in [5.41, 5.74) is 0. The first-order valence-electron chi connectivity index (χ1n) is 4.57. The maximum atomic E-state index is 11.2. The number of carbonyl (C=O) groups excluding carboxylic acids is 1. The summed E-state index contributed by atoms with van der Waals surface area (Å²) in [5.74, 6) is -3.23. The molecule has 2 N–H and O–H groups in total. The van der Waals surface area contributed by atoms with Crippen LogP contribution in [0.4, 0.5) is 0 Å². The van der Waals surface area contributed by atoms with E-state index in [2.05, 4.69) is 5.32 Å². The molecule has 16 heavy (non-hydrogen) atoms. The van der Waals surface area contributed by atoms with Gasteiger partial charge in [0.15, 0.2) is 9.84 Å². The summed E-state index contributed by atoms with van der Waals surface area (Å²) in [6.07, 6.45) is 0.937. The molecular formula is C8H13NO6S. The van der Waals surface area contributed by atoms with E-state index in [1.165, 1.54) is 0 Å². The van der Waals surface area contributed by atoms with Crippen molar-refractivity contribution in [3.8, 4) is 0 Å². The minimum atomic E-state index is -3.40. The van der Waals surface area contributed by atoms with Crippen LogP contribution >= 0.6 is 0 Å². The van der Waals surface area contributed by atoms with E-state index in [1.54, 1.807) is 0 Å². The summed E-state index contributed by atoms with van der Waals surface area (Å²) in [6, 6.07) is -0.660. The lowest BCUT2D eigenvalue weighted by atomic mass is 10.0. The summed E-state index contributed by atoms with van der Waals surface area (Å²) < 4.78 is 26.6. The molecule has 0 bridgehead atoms. The standard InChI is InChI=1S/C8H13NO6S/c1-16(13,14)4-7(10)9-6-3-15-2-5(6)8(11)12/h5-6H,2-4H2,1H3,(H,9,10)(H,11,12). The molecule has 0 aromatic carbocycles. The van der Waals surface area contributed by atoms with Gasteiger partial charge >= 0.3 is 5.97 Å². The monoisotopic (exact) mass is 251 g/mol. The topological polar surface area (TPSA) is 110 Å². The molecule has 2 atom stereocenters. The number of aliphatic carboxylic acids is 1. The van der Waals surface area contributed by atoms with E-state index in [-0.39, 0.29) is 13.2 Å². The largest absolute Gasteiger partial charge is 0.481 e. The summed E-state index contributed by atoms with van der Waals surface area (Å²) in [6.45, 7) is 0.117. The molecule has 1 aliphatic rings. The Labute approximate surface area is 92.7 Å². The summed E-state index contributed by atoms with van der Waals surface area (Å²) in [4.78, 5) is 22.0. The van der Waals surface area contributed by atoms with E-state index in [0.717, 1.165) is 6.26 Å². The van der Waals surface area contributed by atoms with Crippen molar-refractivity contribution in [2.45, 2.75) is 6.04 Å². The van der Waals surface area contributed by atoms with Gasteiger partial charge in [0.05, 0.1) is 19.3 Å². The van der Waals surface area contributed by atoms with Crippen molar-refractivity contribution in [3.63, 3.8) is 0 Å². The molecule has 1 heterocycles. The van der Waals surface area contributed by atoms with Gasteiger partial charge in [-0.1, -0.05) is 0 Å². The van der Waals surface area contributed by atoms with Gasteiger partial charge in [0.1, 0.15) is 11.7 Å². The van der Waals surface area contributed by atoms with E-state index in [4.69, 9.17) is 9.84 Å². The normalized spacial score (nSPS) is 25.3. The van der Waals surface area contributed by atoms with Gasteiger partial charge in [0.2, 0.25) is 5.91 Å². The highest BCUT2D eigenvalue weighted by atomic mass is 32.2. The molecule has 0 spiro atoms. The fourth-order valence-electron chi connectivity index (χ4n) is 1.43. The van der Waals surface area contributed by atoms with E-state index >= 15 is 0 Å². The second kappa shape index (κ2) is 4.79. The first kappa shape index (κ1) is 12.9. The van der Waals surface area contributed by atoms with E-state index in [9.17, 15) is 18.0 Å². The number of sulfone groups is 1. The van der Waals surface area contributed by atoms with Crippen molar-refractivity contribution in [1.29, 1.82) is 0 Å². The number of hydrogen-bond donors (Lipinski definition) is 2. The Kier molecular flexibility index (Phi) is 3.87. The number of rotatable bonds is 4. The molecule has 0 aliphatic carbocycles. The number of carboxylic acid groups (broad SMARTS) is 1. The molecule has 1 amide bonds. The van der Waals surface area contributed by atoms with Crippen LogP contribution in [0, 0.1) is 5.92 Å². The molecule has 8 heteroatoms. The van der Waals surface area contributed by atoms with Crippen LogP contribution in [0.5, 0.6) is 0 Å². The van der Waals surface area contributed by atoms with Gasteiger partial charge in [-0.2, -0.15) is 0 Å². The average Bonchev–Trinajstić information content (AvgIpc) is 2.47. The molecule has 1 aliphatic heterocycles. The zero-order valence-electron chi connectivity index (χ0n) is 8.67. The Morgan fingerprint density at radius 1 is 1.44 bits per heavy atom. The fourth-order valence-corrected chi connectivity index (χ4v) is 1.99. The van der Waals surface area contributed by atoms with E-state index < -0.39 is 39.4 Å². The molecule has 1 saturated heterocycles. The van der Waals surface area contributed by atoms with Gasteiger partial charge in [-0.3, -0.25) is 9.59 Å². The third-order valence-corrected chi connectivity index (χ3v) is 2.92. The predicted octanol–water partition coefficient (Wildman–Crippen LogP) is -1.75. The fraction of sp³-hybridized carbons (Fsp3) is 0.750. The number of carbonyl (C=O) groups is 2. The lowest BCUT2D eigenvalue weighted by Gasteiger charge is -2.15. The summed E-state index contributed by atoms with van der Waals surface area (Å²) in [7, 11) is -3.40. The van der Waals surface area contributed by atoms with Crippen molar-refractivity contribution in [2.75, 3.05) is 25.2 Å². The second-order valence-electron chi connectivity index (χ2n) is 3.73. The van der Waals surface area contributed by atoms with Crippen LogP contribution in [0.2, 0.25) is 0 Å². The lowest BCUT2D eigenvalue weighted by Crippen LogP contribution is -2.44. The maximum absolute atomic E-state index is 11.2. The minimum absolute atomic E-state index is 0.0269. The Hall–Kier alpha value is -1.15. The van der Waals surface area contributed by atoms with Crippen LogP contribution in [0.25, 0.3) is 0 Å². The number of carboxylic acids is 1. The molecule has 7 nitrogen and oxygen atoms in total. The van der Waals surface area contributed by atoms with E-state index in [1.807, 2.05) is 0 Å². The Bertz CT molecular complexity index is 389. The number of hydrogen-bond acceptors (Lipinski definition) is 5. The third kappa shape index (κ3) is 3.78. The lowest BCUT2D eigenvalue weighted by molar-refractivity contribution is -0.142. The Balaban J connectivity index is 2.54. The quantitative estimate of drug-likeness (QED) is 0.613. The van der Waals surface area contributed by atoms with Crippen molar-refractivity contribution in [2.24, 2.45) is 5.92 Å². The highest BCUT2D eigenvalue weighted by Gasteiger charge is 2.35. The van der Waals surface area contributed by atoms with Gasteiger partial charge < -0.3 is 15.2 Å². The molecular weight excluding hydrogens is 238 g/mol. The number of ether oxygens (including phenoxy) is 1. The third-order valence-electron chi connectivity index (χ3n) is 2.14. The van der Waals surface area contributed by atoms with Gasteiger partial charge in [-0.15, -0.1) is 0 Å². The molecule has 0 radical (unpaired) electrons. The summed E-state index contributed by atoms with van der Waals surface area (Å²) >= 11 is 0. The Morgan fingerprint density at radius 2 is 2.06 bits per heavy atom. The van der Waals surface area contributed by atoms with Crippen LogP contribution < -0.4 is 5.32 Å². The van der Waals surface area contributed by atoms with Crippen molar-refractivity contribution < 1.29 is 27.9 Å². The highest BCUT2D eigenvalue weighted by Crippen LogP contribution is 2.13. The van der Waals surface area contributed by atoms with Gasteiger partial charge in [0, 0.05) is 6.26 Å². The number of nitrogens with one attached hydrogen (secondary N) is 1. The first-order valence-corrected chi connectivity index (χ1v) is 6.63. The smallest absolute Gasteiger partial charge is 0.311 e. The average molecular weight is 251 g/mol. The van der Waals surface area contributed by atoms with Crippen LogP contribution in [0.3, 0.4) is 0 Å². The minimum Gasteiger partial charge on any atom is -0.481 e. The second-order valence-corrected chi connectivity index (χ2v) is 5.87. The first-order chi connectivity index (χ1) is 7.29.